The number of alkyl halides is 2. The van der Waals surface area contributed by atoms with Crippen molar-refractivity contribution in [3.05, 3.63) is 0 Å². The van der Waals surface area contributed by atoms with Crippen LogP contribution in [0.5, 0.6) is 0 Å². The highest BCUT2D eigenvalue weighted by Crippen LogP contribution is 2.28. The van der Waals surface area contributed by atoms with Gasteiger partial charge in [-0.1, -0.05) is 12.8 Å². The molecule has 3 nitrogen and oxygen atoms in total. The van der Waals surface area contributed by atoms with Crippen molar-refractivity contribution in [1.29, 1.82) is 0 Å². The highest BCUT2D eigenvalue weighted by Gasteiger charge is 2.30. The minimum absolute atomic E-state index is 0.264. The Morgan fingerprint density at radius 2 is 2.00 bits per heavy atom. The number of rotatable bonds is 7. The van der Waals surface area contributed by atoms with Gasteiger partial charge < -0.3 is 15.2 Å². The molecule has 0 bridgehead atoms. The van der Waals surface area contributed by atoms with Gasteiger partial charge in [0.15, 0.2) is 0 Å². The molecular weight excluding hydrogens is 204 g/mol. The molecule has 0 aliphatic heterocycles. The fraction of sp³-hybridized carbons (Fsp3) is 1.00. The van der Waals surface area contributed by atoms with Gasteiger partial charge in [0.2, 0.25) is 0 Å². The normalized spacial score (nSPS) is 20.0. The molecule has 1 aliphatic rings. The fourth-order valence-electron chi connectivity index (χ4n) is 1.85. The fourth-order valence-corrected chi connectivity index (χ4v) is 1.85. The van der Waals surface area contributed by atoms with Crippen molar-refractivity contribution in [3.63, 3.8) is 0 Å². The van der Waals surface area contributed by atoms with Crippen molar-refractivity contribution in [2.45, 2.75) is 37.7 Å². The van der Waals surface area contributed by atoms with Crippen LogP contribution >= 0.6 is 0 Å². The Hall–Kier alpha value is -0.260. The minimum atomic E-state index is -2.40. The van der Waals surface area contributed by atoms with Crippen LogP contribution in [0.15, 0.2) is 0 Å². The molecule has 0 amide bonds. The monoisotopic (exact) mass is 223 g/mol. The predicted octanol–water partition coefficient (Wildman–Crippen LogP) is 1.16. The Balaban J connectivity index is 1.92. The van der Waals surface area contributed by atoms with Crippen LogP contribution in [-0.4, -0.2) is 43.4 Å². The van der Waals surface area contributed by atoms with E-state index in [1.807, 2.05) is 0 Å². The van der Waals surface area contributed by atoms with Crippen LogP contribution in [0, 0.1) is 0 Å². The summed E-state index contributed by atoms with van der Waals surface area (Å²) in [4.78, 5) is 0. The second-order valence-electron chi connectivity index (χ2n) is 4.07. The predicted molar refractivity (Wildman–Crippen MR) is 53.1 cm³/mol. The van der Waals surface area contributed by atoms with E-state index >= 15 is 0 Å². The number of halogens is 2. The minimum Gasteiger partial charge on any atom is -0.389 e. The van der Waals surface area contributed by atoms with Gasteiger partial charge in [0.25, 0.3) is 6.43 Å². The first-order valence-electron chi connectivity index (χ1n) is 5.41. The lowest BCUT2D eigenvalue weighted by Gasteiger charge is -2.22. The molecule has 1 rings (SSSR count). The quantitative estimate of drug-likeness (QED) is 0.636. The average Bonchev–Trinajstić information content (AvgIpc) is 2.58. The number of aliphatic hydroxyl groups is 1. The summed E-state index contributed by atoms with van der Waals surface area (Å²) in [5.74, 6) is 0. The first-order valence-corrected chi connectivity index (χ1v) is 5.41. The van der Waals surface area contributed by atoms with Crippen LogP contribution in [-0.2, 0) is 4.74 Å². The molecule has 0 heterocycles. The van der Waals surface area contributed by atoms with Crippen LogP contribution in [0.1, 0.15) is 25.7 Å². The lowest BCUT2D eigenvalue weighted by atomic mass is 10.0. The molecule has 0 aromatic rings. The Bertz CT molecular complexity index is 173. The zero-order chi connectivity index (χ0) is 11.1. The number of ether oxygens (including phenoxy) is 1. The van der Waals surface area contributed by atoms with Crippen molar-refractivity contribution in [1.82, 2.24) is 5.32 Å². The van der Waals surface area contributed by atoms with Crippen molar-refractivity contribution < 1.29 is 18.6 Å². The summed E-state index contributed by atoms with van der Waals surface area (Å²) in [6.07, 6.45) is 1.40. The molecule has 5 heteroatoms. The van der Waals surface area contributed by atoms with Gasteiger partial charge >= 0.3 is 0 Å². The molecular formula is C10H19F2NO2. The standard InChI is InChI=1S/C10H19F2NO2/c11-9(12)7-15-6-5-13-8-10(14)3-1-2-4-10/h9,13-14H,1-8H2. The topological polar surface area (TPSA) is 41.5 Å². The second kappa shape index (κ2) is 6.35. The van der Waals surface area contributed by atoms with Gasteiger partial charge in [-0.05, 0) is 12.8 Å². The van der Waals surface area contributed by atoms with Gasteiger partial charge in [0.1, 0.15) is 6.61 Å². The lowest BCUT2D eigenvalue weighted by Crippen LogP contribution is -2.39. The van der Waals surface area contributed by atoms with E-state index in [1.54, 1.807) is 0 Å². The largest absolute Gasteiger partial charge is 0.389 e. The first kappa shape index (κ1) is 12.8. The molecule has 15 heavy (non-hydrogen) atoms. The molecule has 0 atom stereocenters. The SMILES string of the molecule is OC1(CNCCOCC(F)F)CCCC1. The summed E-state index contributed by atoms with van der Waals surface area (Å²) < 4.78 is 28.0. The van der Waals surface area contributed by atoms with Crippen LogP contribution in [0.4, 0.5) is 8.78 Å². The van der Waals surface area contributed by atoms with Gasteiger partial charge in [-0.3, -0.25) is 0 Å². The molecule has 0 spiro atoms. The van der Waals surface area contributed by atoms with Gasteiger partial charge in [0, 0.05) is 13.1 Å². The zero-order valence-electron chi connectivity index (χ0n) is 8.85. The van der Waals surface area contributed by atoms with E-state index in [2.05, 4.69) is 5.32 Å². The highest BCUT2D eigenvalue weighted by atomic mass is 19.3. The maximum Gasteiger partial charge on any atom is 0.261 e. The molecule has 1 aliphatic carbocycles. The van der Waals surface area contributed by atoms with Crippen LogP contribution in [0.3, 0.4) is 0 Å². The Labute approximate surface area is 88.8 Å². The summed E-state index contributed by atoms with van der Waals surface area (Å²) >= 11 is 0. The lowest BCUT2D eigenvalue weighted by molar-refractivity contribution is 0.0141. The van der Waals surface area contributed by atoms with Crippen LogP contribution in [0.25, 0.3) is 0 Å². The van der Waals surface area contributed by atoms with Gasteiger partial charge in [-0.15, -0.1) is 0 Å². The van der Waals surface area contributed by atoms with Crippen molar-refractivity contribution in [2.75, 3.05) is 26.3 Å². The average molecular weight is 223 g/mol. The van der Waals surface area contributed by atoms with Crippen molar-refractivity contribution in [3.8, 4) is 0 Å². The zero-order valence-corrected chi connectivity index (χ0v) is 8.85. The molecule has 0 radical (unpaired) electrons. The Morgan fingerprint density at radius 1 is 1.33 bits per heavy atom. The van der Waals surface area contributed by atoms with E-state index in [0.717, 1.165) is 25.7 Å². The number of nitrogens with one attached hydrogen (secondary N) is 1. The number of hydrogen-bond donors (Lipinski definition) is 2. The third-order valence-corrected chi connectivity index (χ3v) is 2.66. The summed E-state index contributed by atoms with van der Waals surface area (Å²) in [6.45, 7) is 0.798. The molecule has 0 unspecified atom stereocenters. The maximum atomic E-state index is 11.7. The molecule has 0 aromatic carbocycles. The molecule has 0 saturated heterocycles. The third kappa shape index (κ3) is 5.39. The molecule has 0 aromatic heterocycles. The summed E-state index contributed by atoms with van der Waals surface area (Å²) in [6, 6.07) is 0. The number of hydrogen-bond acceptors (Lipinski definition) is 3. The second-order valence-corrected chi connectivity index (χ2v) is 4.07. The van der Waals surface area contributed by atoms with E-state index in [0.29, 0.717) is 13.1 Å². The summed E-state index contributed by atoms with van der Waals surface area (Å²) in [5.41, 5.74) is -0.581. The van der Waals surface area contributed by atoms with Crippen LogP contribution in [0.2, 0.25) is 0 Å². The Morgan fingerprint density at radius 3 is 2.60 bits per heavy atom. The van der Waals surface area contributed by atoms with Crippen molar-refractivity contribution >= 4 is 0 Å². The smallest absolute Gasteiger partial charge is 0.261 e. The summed E-state index contributed by atoms with van der Waals surface area (Å²) in [7, 11) is 0. The molecule has 1 fully saturated rings. The highest BCUT2D eigenvalue weighted by molar-refractivity contribution is 4.85. The first-order chi connectivity index (χ1) is 7.12. The van der Waals surface area contributed by atoms with Crippen molar-refractivity contribution in [2.24, 2.45) is 0 Å². The molecule has 1 saturated carbocycles. The maximum absolute atomic E-state index is 11.7. The van der Waals surface area contributed by atoms with Crippen LogP contribution < -0.4 is 5.32 Å². The van der Waals surface area contributed by atoms with Gasteiger partial charge in [-0.25, -0.2) is 8.78 Å². The third-order valence-electron chi connectivity index (χ3n) is 2.66. The van der Waals surface area contributed by atoms with E-state index in [9.17, 15) is 13.9 Å². The van der Waals surface area contributed by atoms with Gasteiger partial charge in [0.05, 0.1) is 12.2 Å². The van der Waals surface area contributed by atoms with E-state index in [-0.39, 0.29) is 6.61 Å². The van der Waals surface area contributed by atoms with E-state index < -0.39 is 18.6 Å². The molecule has 90 valence electrons. The summed E-state index contributed by atoms with van der Waals surface area (Å²) in [5, 5.41) is 12.9. The molecule has 2 N–H and O–H groups in total. The van der Waals surface area contributed by atoms with E-state index in [1.165, 1.54) is 0 Å². The van der Waals surface area contributed by atoms with E-state index in [4.69, 9.17) is 4.74 Å². The van der Waals surface area contributed by atoms with Gasteiger partial charge in [-0.2, -0.15) is 0 Å². The Kier molecular flexibility index (Phi) is 5.42.